The van der Waals surface area contributed by atoms with E-state index in [1.807, 2.05) is 0 Å². The van der Waals surface area contributed by atoms with Crippen molar-refractivity contribution < 1.29 is 0 Å². The van der Waals surface area contributed by atoms with Crippen LogP contribution in [-0.4, -0.2) is 6.54 Å². The highest BCUT2D eigenvalue weighted by atomic mass is 16.3. The van der Waals surface area contributed by atoms with Crippen LogP contribution in [0.15, 0.2) is 17.3 Å². The van der Waals surface area contributed by atoms with Gasteiger partial charge in [0, 0.05) is 12.8 Å². The molecular weight excluding hydrogens is 210 g/mol. The smallest absolute Gasteiger partial charge is 0.0820 e. The second kappa shape index (κ2) is 13.0. The van der Waals surface area contributed by atoms with Gasteiger partial charge in [0.05, 0.1) is 6.54 Å². The predicted molar refractivity (Wildman–Crippen MR) is 74.7 cm³/mol. The highest BCUT2D eigenvalue weighted by Gasteiger charge is 2.02. The van der Waals surface area contributed by atoms with Crippen molar-refractivity contribution in [2.45, 2.75) is 58.8 Å². The zero-order chi connectivity index (χ0) is 12.8. The molecule has 0 fully saturated rings. The van der Waals surface area contributed by atoms with E-state index in [2.05, 4.69) is 43.0 Å². The quantitative estimate of drug-likeness (QED) is 0.246. The van der Waals surface area contributed by atoms with E-state index in [4.69, 9.17) is 0 Å². The van der Waals surface area contributed by atoms with Gasteiger partial charge in [0.1, 0.15) is 0 Å². The van der Waals surface area contributed by atoms with Gasteiger partial charge in [-0.2, -0.15) is 4.91 Å². The molecule has 0 aliphatic heterocycles. The summed E-state index contributed by atoms with van der Waals surface area (Å²) in [5.74, 6) is 6.97. The monoisotopic (exact) mass is 235 g/mol. The molecule has 2 nitrogen and oxygen atoms in total. The predicted octanol–water partition coefficient (Wildman–Crippen LogP) is 4.70. The maximum atomic E-state index is 9.85. The maximum absolute atomic E-state index is 9.85. The van der Waals surface area contributed by atoms with E-state index in [0.717, 1.165) is 25.7 Å². The van der Waals surface area contributed by atoms with Crippen molar-refractivity contribution in [1.82, 2.24) is 0 Å². The van der Waals surface area contributed by atoms with E-state index in [1.165, 1.54) is 19.3 Å². The van der Waals surface area contributed by atoms with Gasteiger partial charge in [-0.25, -0.2) is 0 Å². The van der Waals surface area contributed by atoms with Crippen LogP contribution in [0.1, 0.15) is 58.8 Å². The van der Waals surface area contributed by atoms with Crippen LogP contribution < -0.4 is 0 Å². The molecule has 17 heavy (non-hydrogen) atoms. The summed E-state index contributed by atoms with van der Waals surface area (Å²) in [5, 5.41) is 2.81. The van der Waals surface area contributed by atoms with Crippen molar-refractivity contribution in [3.8, 4) is 11.8 Å². The third-order valence-corrected chi connectivity index (χ3v) is 2.71. The molecule has 0 aliphatic carbocycles. The second-order valence-corrected chi connectivity index (χ2v) is 4.28. The number of nitrogens with zero attached hydrogens (tertiary/aromatic N) is 1. The van der Waals surface area contributed by atoms with E-state index in [1.54, 1.807) is 0 Å². The lowest BCUT2D eigenvalue weighted by Gasteiger charge is -2.09. The van der Waals surface area contributed by atoms with E-state index >= 15 is 0 Å². The number of hydrogen-bond acceptors (Lipinski definition) is 2. The molecule has 0 rings (SSSR count). The average Bonchev–Trinajstić information content (AvgIpc) is 2.34. The van der Waals surface area contributed by atoms with Crippen LogP contribution in [0.2, 0.25) is 0 Å². The minimum Gasteiger partial charge on any atom is -0.151 e. The van der Waals surface area contributed by atoms with Crippen LogP contribution in [0, 0.1) is 22.7 Å². The fraction of sp³-hybridized carbons (Fsp3) is 0.733. The Hall–Kier alpha value is -1.10. The minimum atomic E-state index is 0.395. The van der Waals surface area contributed by atoms with E-state index in [-0.39, 0.29) is 0 Å². The molecule has 0 heterocycles. The normalized spacial score (nSPS) is 12.1. The van der Waals surface area contributed by atoms with Crippen LogP contribution in [-0.2, 0) is 0 Å². The molecule has 0 spiro atoms. The number of unbranched alkanes of at least 4 members (excludes halogenated alkanes) is 2. The van der Waals surface area contributed by atoms with Gasteiger partial charge in [0.25, 0.3) is 0 Å². The summed E-state index contributed by atoms with van der Waals surface area (Å²) < 4.78 is 0. The maximum Gasteiger partial charge on any atom is 0.0820 e. The highest BCUT2D eigenvalue weighted by Crippen LogP contribution is 2.16. The summed E-state index contributed by atoms with van der Waals surface area (Å²) >= 11 is 0. The lowest BCUT2D eigenvalue weighted by molar-refractivity contribution is 0.525. The molecule has 0 aromatic heterocycles. The lowest BCUT2D eigenvalue weighted by atomic mass is 9.96. The Bertz CT molecular complexity index is 260. The SMILES string of the molecule is C/C=C\C(CCC#CCCCN=O)CCCC. The zero-order valence-corrected chi connectivity index (χ0v) is 11.2. The molecule has 2 heteroatoms. The fourth-order valence-electron chi connectivity index (χ4n) is 1.74. The Morgan fingerprint density at radius 1 is 1.18 bits per heavy atom. The van der Waals surface area contributed by atoms with Crippen molar-refractivity contribution in [2.24, 2.45) is 11.1 Å². The van der Waals surface area contributed by atoms with Crippen LogP contribution in [0.5, 0.6) is 0 Å². The van der Waals surface area contributed by atoms with Gasteiger partial charge in [-0.15, -0.1) is 11.8 Å². The van der Waals surface area contributed by atoms with Crippen molar-refractivity contribution in [2.75, 3.05) is 6.54 Å². The molecule has 1 atom stereocenters. The summed E-state index contributed by atoms with van der Waals surface area (Å²) in [6.45, 7) is 4.71. The van der Waals surface area contributed by atoms with Crippen molar-refractivity contribution in [1.29, 1.82) is 0 Å². The van der Waals surface area contributed by atoms with Crippen LogP contribution in [0.4, 0.5) is 0 Å². The summed E-state index contributed by atoms with van der Waals surface area (Å²) in [5.41, 5.74) is 0. The average molecular weight is 235 g/mol. The summed E-state index contributed by atoms with van der Waals surface area (Å²) in [4.78, 5) is 9.85. The molecule has 0 aliphatic rings. The standard InChI is InChI=1S/C15H25NO/c1-3-5-12-15(11-4-2)13-9-7-6-8-10-14-16-17/h4,11,15H,3,5,8-10,12-14H2,1-2H3/b11-4-. The van der Waals surface area contributed by atoms with Crippen molar-refractivity contribution in [3.63, 3.8) is 0 Å². The summed E-state index contributed by atoms with van der Waals surface area (Å²) in [7, 11) is 0. The molecule has 0 amide bonds. The first kappa shape index (κ1) is 15.9. The first-order valence-corrected chi connectivity index (χ1v) is 6.72. The van der Waals surface area contributed by atoms with E-state index in [9.17, 15) is 4.91 Å². The fourth-order valence-corrected chi connectivity index (χ4v) is 1.74. The minimum absolute atomic E-state index is 0.395. The lowest BCUT2D eigenvalue weighted by Crippen LogP contribution is -1.95. The molecular formula is C15H25NO. The van der Waals surface area contributed by atoms with Gasteiger partial charge < -0.3 is 0 Å². The Balaban J connectivity index is 3.68. The largest absolute Gasteiger partial charge is 0.151 e. The van der Waals surface area contributed by atoms with E-state index in [0.29, 0.717) is 12.5 Å². The zero-order valence-electron chi connectivity index (χ0n) is 11.2. The molecule has 96 valence electrons. The van der Waals surface area contributed by atoms with Crippen LogP contribution in [0.25, 0.3) is 0 Å². The third-order valence-electron chi connectivity index (χ3n) is 2.71. The number of hydrogen-bond donors (Lipinski definition) is 0. The second-order valence-electron chi connectivity index (χ2n) is 4.28. The van der Waals surface area contributed by atoms with Gasteiger partial charge in [0.15, 0.2) is 0 Å². The van der Waals surface area contributed by atoms with Crippen LogP contribution >= 0.6 is 0 Å². The Morgan fingerprint density at radius 2 is 1.94 bits per heavy atom. The summed E-state index contributed by atoms with van der Waals surface area (Å²) in [6.07, 6.45) is 12.0. The molecule has 0 N–H and O–H groups in total. The van der Waals surface area contributed by atoms with Gasteiger partial charge in [-0.3, -0.25) is 0 Å². The van der Waals surface area contributed by atoms with Crippen LogP contribution in [0.3, 0.4) is 0 Å². The van der Waals surface area contributed by atoms with Crippen molar-refractivity contribution in [3.05, 3.63) is 17.1 Å². The Kier molecular flexibility index (Phi) is 12.1. The molecule has 0 radical (unpaired) electrons. The molecule has 0 saturated heterocycles. The molecule has 0 aromatic rings. The topological polar surface area (TPSA) is 29.4 Å². The Morgan fingerprint density at radius 3 is 2.59 bits per heavy atom. The summed E-state index contributed by atoms with van der Waals surface area (Å²) in [6, 6.07) is 0. The molecule has 0 bridgehead atoms. The van der Waals surface area contributed by atoms with Gasteiger partial charge in [-0.1, -0.05) is 37.1 Å². The highest BCUT2D eigenvalue weighted by molar-refractivity contribution is 5.00. The first-order chi connectivity index (χ1) is 8.35. The van der Waals surface area contributed by atoms with E-state index < -0.39 is 0 Å². The van der Waals surface area contributed by atoms with Gasteiger partial charge >= 0.3 is 0 Å². The third kappa shape index (κ3) is 11.2. The number of rotatable bonds is 9. The van der Waals surface area contributed by atoms with Gasteiger partial charge in [-0.05, 0) is 32.1 Å². The number of nitroso groups, excluding NO2 is 1. The molecule has 0 saturated carbocycles. The number of allylic oxidation sites excluding steroid dienone is 2. The first-order valence-electron chi connectivity index (χ1n) is 6.72. The Labute approximate surface area is 106 Å². The van der Waals surface area contributed by atoms with Crippen molar-refractivity contribution >= 4 is 0 Å². The molecule has 0 aromatic carbocycles. The molecule has 1 unspecified atom stereocenters. The van der Waals surface area contributed by atoms with Gasteiger partial charge in [0.2, 0.25) is 0 Å².